The minimum Gasteiger partial charge on any atom is -0.490 e. The van der Waals surface area contributed by atoms with Crippen molar-refractivity contribution in [2.24, 2.45) is 0 Å². The summed E-state index contributed by atoms with van der Waals surface area (Å²) in [5.41, 5.74) is 2.14. The minimum atomic E-state index is -0.558. The van der Waals surface area contributed by atoms with Crippen molar-refractivity contribution in [3.05, 3.63) is 95.6 Å². The molecule has 0 saturated carbocycles. The van der Waals surface area contributed by atoms with E-state index in [9.17, 15) is 4.79 Å². The van der Waals surface area contributed by atoms with Crippen LogP contribution in [0.2, 0.25) is 0 Å². The standard InChI is InChI=1S/C23H19NO3/c1-2-26-21-15-17(16-24)13-14-20(21)27-23(25)22(18-9-5-3-6-10-18)19-11-7-4-8-12-19/h3-15,22H,2H2,1H3. The van der Waals surface area contributed by atoms with E-state index in [0.717, 1.165) is 11.1 Å². The Morgan fingerprint density at radius 2 is 1.52 bits per heavy atom. The molecule has 0 aliphatic rings. The fraction of sp³-hybridized carbons (Fsp3) is 0.130. The second-order valence-corrected chi connectivity index (χ2v) is 5.88. The van der Waals surface area contributed by atoms with Crippen molar-refractivity contribution < 1.29 is 14.3 Å². The number of esters is 1. The Morgan fingerprint density at radius 1 is 0.926 bits per heavy atom. The second-order valence-electron chi connectivity index (χ2n) is 5.88. The summed E-state index contributed by atoms with van der Waals surface area (Å²) in [5, 5.41) is 9.08. The van der Waals surface area contributed by atoms with Gasteiger partial charge in [0, 0.05) is 6.07 Å². The average Bonchev–Trinajstić information content (AvgIpc) is 2.71. The van der Waals surface area contributed by atoms with Gasteiger partial charge in [0.05, 0.1) is 18.2 Å². The van der Waals surface area contributed by atoms with Gasteiger partial charge in [-0.3, -0.25) is 4.79 Å². The lowest BCUT2D eigenvalue weighted by Crippen LogP contribution is -2.20. The summed E-state index contributed by atoms with van der Waals surface area (Å²) < 4.78 is 11.2. The first kappa shape index (κ1) is 18.2. The Kier molecular flexibility index (Phi) is 5.86. The summed E-state index contributed by atoms with van der Waals surface area (Å²) in [6.07, 6.45) is 0. The molecule has 3 rings (SSSR count). The Labute approximate surface area is 158 Å². The van der Waals surface area contributed by atoms with Crippen LogP contribution in [0.5, 0.6) is 11.5 Å². The third kappa shape index (κ3) is 4.34. The van der Waals surface area contributed by atoms with Crippen LogP contribution in [0.4, 0.5) is 0 Å². The van der Waals surface area contributed by atoms with Gasteiger partial charge in [-0.1, -0.05) is 60.7 Å². The van der Waals surface area contributed by atoms with Crippen molar-refractivity contribution in [1.29, 1.82) is 5.26 Å². The number of carbonyl (C=O) groups is 1. The summed E-state index contributed by atoms with van der Waals surface area (Å²) in [4.78, 5) is 13.1. The van der Waals surface area contributed by atoms with E-state index in [0.29, 0.717) is 23.7 Å². The molecule has 0 radical (unpaired) electrons. The van der Waals surface area contributed by atoms with Crippen molar-refractivity contribution in [3.8, 4) is 17.6 Å². The van der Waals surface area contributed by atoms with E-state index in [-0.39, 0.29) is 0 Å². The van der Waals surface area contributed by atoms with E-state index in [2.05, 4.69) is 6.07 Å². The molecule has 0 aliphatic carbocycles. The molecular formula is C23H19NO3. The number of benzene rings is 3. The molecule has 0 aromatic heterocycles. The van der Waals surface area contributed by atoms with Crippen molar-refractivity contribution >= 4 is 5.97 Å². The van der Waals surface area contributed by atoms with Gasteiger partial charge in [0.25, 0.3) is 0 Å². The van der Waals surface area contributed by atoms with Crippen LogP contribution < -0.4 is 9.47 Å². The number of ether oxygens (including phenoxy) is 2. The first-order chi connectivity index (χ1) is 13.2. The van der Waals surface area contributed by atoms with E-state index >= 15 is 0 Å². The molecule has 4 nitrogen and oxygen atoms in total. The van der Waals surface area contributed by atoms with Crippen LogP contribution >= 0.6 is 0 Å². The zero-order valence-electron chi connectivity index (χ0n) is 15.0. The molecule has 3 aromatic rings. The molecule has 27 heavy (non-hydrogen) atoms. The zero-order chi connectivity index (χ0) is 19.1. The first-order valence-corrected chi connectivity index (χ1v) is 8.71. The van der Waals surface area contributed by atoms with Gasteiger partial charge in [-0.05, 0) is 30.2 Å². The van der Waals surface area contributed by atoms with Crippen LogP contribution in [0, 0.1) is 11.3 Å². The van der Waals surface area contributed by atoms with Crippen molar-refractivity contribution in [2.45, 2.75) is 12.8 Å². The molecule has 0 amide bonds. The van der Waals surface area contributed by atoms with E-state index < -0.39 is 11.9 Å². The second kappa shape index (κ2) is 8.68. The fourth-order valence-electron chi connectivity index (χ4n) is 2.85. The normalized spacial score (nSPS) is 10.3. The number of rotatable bonds is 6. The lowest BCUT2D eigenvalue weighted by atomic mass is 9.91. The lowest BCUT2D eigenvalue weighted by Gasteiger charge is -2.18. The highest BCUT2D eigenvalue weighted by atomic mass is 16.6. The minimum absolute atomic E-state index is 0.303. The monoisotopic (exact) mass is 357 g/mol. The molecule has 0 saturated heterocycles. The summed E-state index contributed by atoms with van der Waals surface area (Å²) in [7, 11) is 0. The third-order valence-corrected chi connectivity index (χ3v) is 4.08. The van der Waals surface area contributed by atoms with Crippen LogP contribution in [-0.4, -0.2) is 12.6 Å². The molecule has 0 spiro atoms. The van der Waals surface area contributed by atoms with Crippen molar-refractivity contribution in [3.63, 3.8) is 0 Å². The number of nitriles is 1. The van der Waals surface area contributed by atoms with E-state index in [1.54, 1.807) is 18.2 Å². The van der Waals surface area contributed by atoms with Crippen molar-refractivity contribution in [1.82, 2.24) is 0 Å². The number of hydrogen-bond donors (Lipinski definition) is 0. The molecule has 4 heteroatoms. The Morgan fingerprint density at radius 3 is 2.04 bits per heavy atom. The predicted molar refractivity (Wildman–Crippen MR) is 103 cm³/mol. The number of carbonyl (C=O) groups excluding carboxylic acids is 1. The summed E-state index contributed by atoms with van der Waals surface area (Å²) in [6, 6.07) is 25.8. The lowest BCUT2D eigenvalue weighted by molar-refractivity contribution is -0.135. The molecule has 0 bridgehead atoms. The van der Waals surface area contributed by atoms with Gasteiger partial charge in [0.15, 0.2) is 11.5 Å². The van der Waals surface area contributed by atoms with E-state index in [1.165, 1.54) is 0 Å². The SMILES string of the molecule is CCOc1cc(C#N)ccc1OC(=O)C(c1ccccc1)c1ccccc1. The largest absolute Gasteiger partial charge is 0.490 e. The zero-order valence-corrected chi connectivity index (χ0v) is 15.0. The van der Waals surface area contributed by atoms with Gasteiger partial charge in [-0.2, -0.15) is 5.26 Å². The van der Waals surface area contributed by atoms with Gasteiger partial charge in [-0.15, -0.1) is 0 Å². The molecule has 0 N–H and O–H groups in total. The molecule has 134 valence electrons. The molecule has 0 heterocycles. The highest BCUT2D eigenvalue weighted by Crippen LogP contribution is 2.32. The molecule has 0 atom stereocenters. The predicted octanol–water partition coefficient (Wildman–Crippen LogP) is 4.69. The third-order valence-electron chi connectivity index (χ3n) is 4.08. The highest BCUT2D eigenvalue weighted by Gasteiger charge is 2.25. The number of hydrogen-bond acceptors (Lipinski definition) is 4. The van der Waals surface area contributed by atoms with Gasteiger partial charge in [0.2, 0.25) is 0 Å². The highest BCUT2D eigenvalue weighted by molar-refractivity contribution is 5.84. The maximum atomic E-state index is 13.1. The Hall–Kier alpha value is -3.58. The maximum absolute atomic E-state index is 13.1. The van der Waals surface area contributed by atoms with Crippen LogP contribution in [0.3, 0.4) is 0 Å². The fourth-order valence-corrected chi connectivity index (χ4v) is 2.85. The van der Waals surface area contributed by atoms with Gasteiger partial charge < -0.3 is 9.47 Å². The van der Waals surface area contributed by atoms with Crippen LogP contribution in [0.1, 0.15) is 29.5 Å². The first-order valence-electron chi connectivity index (χ1n) is 8.71. The summed E-state index contributed by atoms with van der Waals surface area (Å²) in [5.74, 6) is -0.280. The van der Waals surface area contributed by atoms with Crippen LogP contribution in [0.15, 0.2) is 78.9 Å². The summed E-state index contributed by atoms with van der Waals surface area (Å²) >= 11 is 0. The molecular weight excluding hydrogens is 338 g/mol. The van der Waals surface area contributed by atoms with Gasteiger partial charge in [0.1, 0.15) is 5.92 Å². The van der Waals surface area contributed by atoms with Crippen molar-refractivity contribution in [2.75, 3.05) is 6.61 Å². The van der Waals surface area contributed by atoms with Gasteiger partial charge >= 0.3 is 5.97 Å². The molecule has 0 unspecified atom stereocenters. The Balaban J connectivity index is 1.95. The average molecular weight is 357 g/mol. The summed E-state index contributed by atoms with van der Waals surface area (Å²) in [6.45, 7) is 2.24. The smallest absolute Gasteiger partial charge is 0.323 e. The molecule has 3 aromatic carbocycles. The quantitative estimate of drug-likeness (QED) is 0.474. The van der Waals surface area contributed by atoms with E-state index in [1.807, 2.05) is 67.6 Å². The molecule has 0 aliphatic heterocycles. The molecule has 0 fully saturated rings. The van der Waals surface area contributed by atoms with Gasteiger partial charge in [-0.25, -0.2) is 0 Å². The Bertz CT molecular complexity index is 907. The topological polar surface area (TPSA) is 59.3 Å². The van der Waals surface area contributed by atoms with Crippen LogP contribution in [-0.2, 0) is 4.79 Å². The number of nitrogens with zero attached hydrogens (tertiary/aromatic N) is 1. The maximum Gasteiger partial charge on any atom is 0.323 e. The van der Waals surface area contributed by atoms with E-state index in [4.69, 9.17) is 14.7 Å². The van der Waals surface area contributed by atoms with Crippen LogP contribution in [0.25, 0.3) is 0 Å².